The Hall–Kier alpha value is -1.50. The second kappa shape index (κ2) is 7.40. The molecule has 3 fully saturated rings. The molecule has 132 valence electrons. The maximum Gasteiger partial charge on any atom is 0.261 e. The number of nitrogens with zero attached hydrogens (tertiary/aromatic N) is 1. The van der Waals surface area contributed by atoms with E-state index in [2.05, 4.69) is 16.3 Å². The van der Waals surface area contributed by atoms with Crippen molar-refractivity contribution in [1.29, 1.82) is 0 Å². The Labute approximate surface area is 156 Å². The Kier molecular flexibility index (Phi) is 5.01. The molecule has 0 saturated carbocycles. The number of benzene rings is 1. The Morgan fingerprint density at radius 1 is 1.28 bits per heavy atom. The van der Waals surface area contributed by atoms with Gasteiger partial charge in [0.05, 0.1) is 16.2 Å². The van der Waals surface area contributed by atoms with Gasteiger partial charge < -0.3 is 15.0 Å². The van der Waals surface area contributed by atoms with Crippen LogP contribution in [0.4, 0.5) is 0 Å². The van der Waals surface area contributed by atoms with Crippen molar-refractivity contribution >= 4 is 29.0 Å². The standard InChI is InChI=1S/C19H22N2O2S2/c1-23-14-3-2-4-15(11-14)24-18-6-5-17(25-18)19(22)20-16-12-21-9-7-13(16)8-10-21/h2-6,11,13,16H,7-10,12H2,1H3,(H,20,22)/t16-/m0/s1. The normalized spacial score (nSPS) is 24.9. The lowest BCUT2D eigenvalue weighted by Crippen LogP contribution is -2.57. The highest BCUT2D eigenvalue weighted by molar-refractivity contribution is 8.01. The van der Waals surface area contributed by atoms with E-state index in [0.717, 1.165) is 26.3 Å². The highest BCUT2D eigenvalue weighted by Crippen LogP contribution is 2.35. The maximum atomic E-state index is 12.6. The first-order chi connectivity index (χ1) is 12.2. The van der Waals surface area contributed by atoms with E-state index in [1.165, 1.54) is 25.9 Å². The van der Waals surface area contributed by atoms with Gasteiger partial charge in [0.1, 0.15) is 5.75 Å². The first-order valence-corrected chi connectivity index (χ1v) is 10.3. The number of hydrogen-bond donors (Lipinski definition) is 1. The van der Waals surface area contributed by atoms with Crippen LogP contribution in [0.25, 0.3) is 0 Å². The van der Waals surface area contributed by atoms with Crippen LogP contribution in [-0.2, 0) is 0 Å². The predicted octanol–water partition coefficient (Wildman–Crippen LogP) is 3.73. The van der Waals surface area contributed by atoms with Crippen molar-refractivity contribution in [1.82, 2.24) is 10.2 Å². The Bertz CT molecular complexity index is 753. The molecule has 6 heteroatoms. The van der Waals surface area contributed by atoms with Crippen LogP contribution in [0.15, 0.2) is 45.5 Å². The van der Waals surface area contributed by atoms with Crippen molar-refractivity contribution in [3.05, 3.63) is 41.3 Å². The minimum Gasteiger partial charge on any atom is -0.497 e. The van der Waals surface area contributed by atoms with E-state index >= 15 is 0 Å². The molecule has 0 aliphatic carbocycles. The summed E-state index contributed by atoms with van der Waals surface area (Å²) in [6.07, 6.45) is 2.43. The van der Waals surface area contributed by atoms with Crippen molar-refractivity contribution < 1.29 is 9.53 Å². The van der Waals surface area contributed by atoms with Gasteiger partial charge in [-0.2, -0.15) is 0 Å². The van der Waals surface area contributed by atoms with Crippen LogP contribution in [0.3, 0.4) is 0 Å². The molecule has 2 bridgehead atoms. The third-order valence-corrected chi connectivity index (χ3v) is 7.24. The average molecular weight is 375 g/mol. The number of rotatable bonds is 5. The molecule has 1 atom stereocenters. The molecule has 1 aromatic heterocycles. The summed E-state index contributed by atoms with van der Waals surface area (Å²) in [6.45, 7) is 3.39. The van der Waals surface area contributed by atoms with E-state index in [1.54, 1.807) is 30.2 Å². The van der Waals surface area contributed by atoms with E-state index in [0.29, 0.717) is 12.0 Å². The molecule has 4 nitrogen and oxygen atoms in total. The van der Waals surface area contributed by atoms with Crippen LogP contribution < -0.4 is 10.1 Å². The summed E-state index contributed by atoms with van der Waals surface area (Å²) in [7, 11) is 1.67. The fourth-order valence-electron chi connectivity index (χ4n) is 3.65. The highest BCUT2D eigenvalue weighted by Gasteiger charge is 2.35. The van der Waals surface area contributed by atoms with Gasteiger partial charge in [0.2, 0.25) is 0 Å². The molecule has 1 N–H and O–H groups in total. The zero-order valence-corrected chi connectivity index (χ0v) is 15.9. The van der Waals surface area contributed by atoms with E-state index in [1.807, 2.05) is 30.3 Å². The van der Waals surface area contributed by atoms with E-state index in [-0.39, 0.29) is 5.91 Å². The summed E-state index contributed by atoms with van der Waals surface area (Å²) >= 11 is 3.22. The molecule has 0 radical (unpaired) electrons. The molecule has 25 heavy (non-hydrogen) atoms. The first kappa shape index (κ1) is 16.9. The van der Waals surface area contributed by atoms with Gasteiger partial charge in [-0.3, -0.25) is 4.79 Å². The van der Waals surface area contributed by atoms with Gasteiger partial charge in [0, 0.05) is 17.5 Å². The smallest absolute Gasteiger partial charge is 0.261 e. The Morgan fingerprint density at radius 3 is 2.84 bits per heavy atom. The minimum atomic E-state index is 0.0706. The zero-order valence-electron chi connectivity index (χ0n) is 14.2. The highest BCUT2D eigenvalue weighted by atomic mass is 32.2. The number of ether oxygens (including phenoxy) is 1. The van der Waals surface area contributed by atoms with Crippen LogP contribution in [0.2, 0.25) is 0 Å². The van der Waals surface area contributed by atoms with Crippen molar-refractivity contribution in [3.8, 4) is 5.75 Å². The lowest BCUT2D eigenvalue weighted by molar-refractivity contribution is 0.0622. The topological polar surface area (TPSA) is 41.6 Å². The minimum absolute atomic E-state index is 0.0706. The van der Waals surface area contributed by atoms with Crippen LogP contribution in [0.1, 0.15) is 22.5 Å². The fraction of sp³-hybridized carbons (Fsp3) is 0.421. The predicted molar refractivity (Wildman–Crippen MR) is 102 cm³/mol. The Morgan fingerprint density at radius 2 is 2.12 bits per heavy atom. The monoisotopic (exact) mass is 374 g/mol. The second-order valence-electron chi connectivity index (χ2n) is 6.62. The molecule has 1 amide bonds. The maximum absolute atomic E-state index is 12.6. The number of amides is 1. The number of carbonyl (C=O) groups is 1. The van der Waals surface area contributed by atoms with Gasteiger partial charge in [0.15, 0.2) is 0 Å². The molecule has 5 rings (SSSR count). The fourth-order valence-corrected chi connectivity index (χ4v) is 5.70. The summed E-state index contributed by atoms with van der Waals surface area (Å²) < 4.78 is 6.38. The SMILES string of the molecule is COc1cccc(Sc2ccc(C(=O)N[C@H]3CN4CCC3CC4)s2)c1. The molecule has 4 heterocycles. The molecular formula is C19H22N2O2S2. The summed E-state index contributed by atoms with van der Waals surface area (Å²) in [5, 5.41) is 3.26. The Balaban J connectivity index is 1.39. The van der Waals surface area contributed by atoms with E-state index in [4.69, 9.17) is 4.74 Å². The van der Waals surface area contributed by atoms with Crippen LogP contribution in [-0.4, -0.2) is 43.6 Å². The third kappa shape index (κ3) is 3.86. The number of piperidine rings is 3. The third-order valence-electron chi connectivity index (χ3n) is 5.04. The van der Waals surface area contributed by atoms with Gasteiger partial charge in [-0.05, 0) is 62.2 Å². The molecule has 0 unspecified atom stereocenters. The van der Waals surface area contributed by atoms with Crippen LogP contribution in [0, 0.1) is 5.92 Å². The number of nitrogens with one attached hydrogen (secondary N) is 1. The number of carbonyl (C=O) groups excluding carboxylic acids is 1. The lowest BCUT2D eigenvalue weighted by atomic mass is 9.84. The van der Waals surface area contributed by atoms with Gasteiger partial charge in [0.25, 0.3) is 5.91 Å². The second-order valence-corrected chi connectivity index (χ2v) is 9.08. The first-order valence-electron chi connectivity index (χ1n) is 8.66. The molecule has 2 aromatic rings. The summed E-state index contributed by atoms with van der Waals surface area (Å²) in [5.74, 6) is 1.57. The van der Waals surface area contributed by atoms with Crippen LogP contribution in [0.5, 0.6) is 5.75 Å². The molecule has 3 saturated heterocycles. The van der Waals surface area contributed by atoms with Crippen molar-refractivity contribution in [3.63, 3.8) is 0 Å². The summed E-state index contributed by atoms with van der Waals surface area (Å²) in [5.41, 5.74) is 0. The van der Waals surface area contributed by atoms with Gasteiger partial charge in [-0.25, -0.2) is 0 Å². The summed E-state index contributed by atoms with van der Waals surface area (Å²) in [6, 6.07) is 12.3. The van der Waals surface area contributed by atoms with Crippen molar-refractivity contribution in [2.24, 2.45) is 5.92 Å². The lowest BCUT2D eigenvalue weighted by Gasteiger charge is -2.44. The van der Waals surface area contributed by atoms with Gasteiger partial charge >= 0.3 is 0 Å². The number of hydrogen-bond acceptors (Lipinski definition) is 5. The molecular weight excluding hydrogens is 352 g/mol. The molecule has 3 aliphatic heterocycles. The van der Waals surface area contributed by atoms with Crippen molar-refractivity contribution in [2.45, 2.75) is 28.0 Å². The average Bonchev–Trinajstić information content (AvgIpc) is 3.11. The molecule has 3 aliphatic rings. The number of methoxy groups -OCH3 is 1. The summed E-state index contributed by atoms with van der Waals surface area (Å²) in [4.78, 5) is 17.0. The number of thiophene rings is 1. The quantitative estimate of drug-likeness (QED) is 0.866. The largest absolute Gasteiger partial charge is 0.497 e. The molecule has 1 aromatic carbocycles. The van der Waals surface area contributed by atoms with Crippen molar-refractivity contribution in [2.75, 3.05) is 26.7 Å². The van der Waals surface area contributed by atoms with Crippen LogP contribution >= 0.6 is 23.1 Å². The van der Waals surface area contributed by atoms with Gasteiger partial charge in [-0.15, -0.1) is 11.3 Å². The van der Waals surface area contributed by atoms with E-state index < -0.39 is 0 Å². The number of fused-ring (bicyclic) bond motifs is 3. The zero-order chi connectivity index (χ0) is 17.2. The molecule has 0 spiro atoms. The van der Waals surface area contributed by atoms with Gasteiger partial charge in [-0.1, -0.05) is 17.8 Å². The van der Waals surface area contributed by atoms with E-state index in [9.17, 15) is 4.79 Å².